The van der Waals surface area contributed by atoms with Crippen molar-refractivity contribution in [1.29, 1.82) is 0 Å². The fraction of sp³-hybridized carbons (Fsp3) is 0.909. The van der Waals surface area contributed by atoms with E-state index in [0.29, 0.717) is 6.42 Å². The molecular formula is C11H23AuNO2. The number of hydrogen-bond donors (Lipinski definition) is 2. The third kappa shape index (κ3) is 16.8. The molecule has 95 valence electrons. The molecule has 0 heterocycles. The van der Waals surface area contributed by atoms with Gasteiger partial charge in [0.15, 0.2) is 0 Å². The predicted molar refractivity (Wildman–Crippen MR) is 58.2 cm³/mol. The van der Waals surface area contributed by atoms with Crippen LogP contribution in [-0.2, 0) is 27.2 Å². The number of nitrogens with two attached hydrogens (primary N) is 1. The average molecular weight is 398 g/mol. The molecule has 0 aliphatic carbocycles. The van der Waals surface area contributed by atoms with Gasteiger partial charge in [-0.3, -0.25) is 4.79 Å². The molecule has 3 nitrogen and oxygen atoms in total. The third-order valence-electron chi connectivity index (χ3n) is 2.34. The number of rotatable bonds is 10. The molecule has 0 saturated carbocycles. The van der Waals surface area contributed by atoms with E-state index in [-0.39, 0.29) is 22.4 Å². The zero-order chi connectivity index (χ0) is 10.6. The molecule has 1 radical (unpaired) electrons. The van der Waals surface area contributed by atoms with Gasteiger partial charge in [-0.05, 0) is 19.4 Å². The maximum absolute atomic E-state index is 10.2. The van der Waals surface area contributed by atoms with E-state index in [9.17, 15) is 4.79 Å². The monoisotopic (exact) mass is 398 g/mol. The summed E-state index contributed by atoms with van der Waals surface area (Å²) < 4.78 is 0. The Kier molecular flexibility index (Phi) is 16.6. The molecule has 0 aromatic heterocycles. The van der Waals surface area contributed by atoms with E-state index in [2.05, 4.69) is 0 Å². The van der Waals surface area contributed by atoms with Crippen LogP contribution in [0.4, 0.5) is 0 Å². The maximum Gasteiger partial charge on any atom is 0.303 e. The van der Waals surface area contributed by atoms with Crippen LogP contribution >= 0.6 is 0 Å². The van der Waals surface area contributed by atoms with Gasteiger partial charge in [0.25, 0.3) is 0 Å². The molecule has 0 aromatic rings. The maximum atomic E-state index is 10.2. The zero-order valence-corrected chi connectivity index (χ0v) is 11.5. The Morgan fingerprint density at radius 2 is 1.27 bits per heavy atom. The summed E-state index contributed by atoms with van der Waals surface area (Å²) in [7, 11) is 0. The molecule has 0 aliphatic rings. The molecule has 0 unspecified atom stereocenters. The van der Waals surface area contributed by atoms with E-state index in [1.807, 2.05) is 0 Å². The Morgan fingerprint density at radius 3 is 1.67 bits per heavy atom. The Bertz CT molecular complexity index is 143. The van der Waals surface area contributed by atoms with Crippen molar-refractivity contribution in [2.45, 2.75) is 57.8 Å². The van der Waals surface area contributed by atoms with E-state index in [4.69, 9.17) is 10.8 Å². The first-order valence-electron chi connectivity index (χ1n) is 5.69. The first-order valence-corrected chi connectivity index (χ1v) is 5.69. The molecule has 0 fully saturated rings. The number of hydrogen-bond acceptors (Lipinski definition) is 2. The van der Waals surface area contributed by atoms with Crippen molar-refractivity contribution in [2.24, 2.45) is 5.73 Å². The summed E-state index contributed by atoms with van der Waals surface area (Å²) in [5.41, 5.74) is 5.38. The Hall–Kier alpha value is 0.170. The number of carboxylic acid groups (broad SMARTS) is 1. The minimum atomic E-state index is -0.673. The van der Waals surface area contributed by atoms with Gasteiger partial charge in [0.05, 0.1) is 0 Å². The van der Waals surface area contributed by atoms with Crippen molar-refractivity contribution in [3.63, 3.8) is 0 Å². The summed E-state index contributed by atoms with van der Waals surface area (Å²) in [6.07, 6.45) is 9.56. The average Bonchev–Trinajstić information content (AvgIpc) is 2.15. The van der Waals surface area contributed by atoms with Crippen molar-refractivity contribution < 1.29 is 32.3 Å². The van der Waals surface area contributed by atoms with Crippen LogP contribution in [0.1, 0.15) is 57.8 Å². The van der Waals surface area contributed by atoms with Crippen molar-refractivity contribution in [1.82, 2.24) is 0 Å². The van der Waals surface area contributed by atoms with Crippen molar-refractivity contribution >= 4 is 5.97 Å². The number of carbonyl (C=O) groups is 1. The molecular weight excluding hydrogens is 375 g/mol. The van der Waals surface area contributed by atoms with Gasteiger partial charge in [-0.2, -0.15) is 0 Å². The van der Waals surface area contributed by atoms with Crippen LogP contribution in [0.3, 0.4) is 0 Å². The van der Waals surface area contributed by atoms with Crippen LogP contribution in [-0.4, -0.2) is 17.6 Å². The minimum Gasteiger partial charge on any atom is -0.481 e. The zero-order valence-electron chi connectivity index (χ0n) is 9.31. The minimum absolute atomic E-state index is 0. The number of unbranched alkanes of at least 4 members (excludes halogenated alkanes) is 7. The summed E-state index contributed by atoms with van der Waals surface area (Å²) in [4.78, 5) is 10.2. The Balaban J connectivity index is 0. The molecule has 0 bridgehead atoms. The van der Waals surface area contributed by atoms with E-state index in [1.54, 1.807) is 0 Å². The molecule has 0 amide bonds. The van der Waals surface area contributed by atoms with Gasteiger partial charge in [-0.25, -0.2) is 0 Å². The summed E-state index contributed by atoms with van der Waals surface area (Å²) in [6, 6.07) is 0. The Morgan fingerprint density at radius 1 is 0.867 bits per heavy atom. The number of carboxylic acids is 1. The van der Waals surface area contributed by atoms with E-state index < -0.39 is 5.97 Å². The van der Waals surface area contributed by atoms with Gasteiger partial charge in [0.2, 0.25) is 0 Å². The largest absolute Gasteiger partial charge is 0.481 e. The van der Waals surface area contributed by atoms with Crippen LogP contribution in [0.5, 0.6) is 0 Å². The molecule has 15 heavy (non-hydrogen) atoms. The van der Waals surface area contributed by atoms with Gasteiger partial charge in [-0.15, -0.1) is 0 Å². The molecule has 0 aromatic carbocycles. The molecule has 0 saturated heterocycles. The van der Waals surface area contributed by atoms with E-state index in [1.165, 1.54) is 32.1 Å². The van der Waals surface area contributed by atoms with Crippen LogP contribution in [0, 0.1) is 0 Å². The van der Waals surface area contributed by atoms with Gasteiger partial charge in [0.1, 0.15) is 0 Å². The van der Waals surface area contributed by atoms with Crippen molar-refractivity contribution in [3.8, 4) is 0 Å². The standard InChI is InChI=1S/C11H23NO2.Au/c12-10-8-6-4-2-1-3-5-7-9-11(13)14;/h1-10,12H2,(H,13,14);. The van der Waals surface area contributed by atoms with Gasteiger partial charge in [0, 0.05) is 28.8 Å². The van der Waals surface area contributed by atoms with Crippen LogP contribution in [0.2, 0.25) is 0 Å². The fourth-order valence-corrected chi connectivity index (χ4v) is 1.48. The van der Waals surface area contributed by atoms with Gasteiger partial charge >= 0.3 is 5.97 Å². The summed E-state index contributed by atoms with van der Waals surface area (Å²) in [5.74, 6) is -0.673. The smallest absolute Gasteiger partial charge is 0.303 e. The molecule has 4 heteroatoms. The summed E-state index contributed by atoms with van der Waals surface area (Å²) >= 11 is 0. The predicted octanol–water partition coefficient (Wildman–Crippen LogP) is 2.54. The SMILES string of the molecule is NCCCCCCCCCCC(=O)O.[Au]. The topological polar surface area (TPSA) is 63.3 Å². The van der Waals surface area contributed by atoms with Gasteiger partial charge in [-0.1, -0.05) is 38.5 Å². The number of aliphatic carboxylic acids is 1. The normalized spacial score (nSPS) is 9.67. The summed E-state index contributed by atoms with van der Waals surface area (Å²) in [6.45, 7) is 0.804. The summed E-state index contributed by atoms with van der Waals surface area (Å²) in [5, 5.41) is 8.40. The molecule has 0 spiro atoms. The Labute approximate surface area is 108 Å². The van der Waals surface area contributed by atoms with Crippen LogP contribution < -0.4 is 5.73 Å². The second-order valence-electron chi connectivity index (χ2n) is 3.76. The first-order chi connectivity index (χ1) is 6.77. The molecule has 0 atom stereocenters. The second kappa shape index (κ2) is 14.2. The van der Waals surface area contributed by atoms with Crippen LogP contribution in [0.15, 0.2) is 0 Å². The quantitative estimate of drug-likeness (QED) is 0.439. The molecule has 0 rings (SSSR count). The molecule has 0 aliphatic heterocycles. The van der Waals surface area contributed by atoms with Crippen molar-refractivity contribution in [3.05, 3.63) is 0 Å². The van der Waals surface area contributed by atoms with Crippen LogP contribution in [0.25, 0.3) is 0 Å². The van der Waals surface area contributed by atoms with Gasteiger partial charge < -0.3 is 10.8 Å². The van der Waals surface area contributed by atoms with Crippen molar-refractivity contribution in [2.75, 3.05) is 6.54 Å². The van der Waals surface area contributed by atoms with E-state index in [0.717, 1.165) is 25.8 Å². The van der Waals surface area contributed by atoms with E-state index >= 15 is 0 Å². The molecule has 3 N–H and O–H groups in total. The fourth-order valence-electron chi connectivity index (χ4n) is 1.48. The first kappa shape index (κ1) is 17.6. The second-order valence-corrected chi connectivity index (χ2v) is 3.76. The third-order valence-corrected chi connectivity index (χ3v) is 2.34.